The molecule has 0 saturated heterocycles. The largest absolute Gasteiger partial charge is 0.497 e. The number of nitro groups is 1. The summed E-state index contributed by atoms with van der Waals surface area (Å²) in [5.41, 5.74) is 1.01. The van der Waals surface area contributed by atoms with Crippen molar-refractivity contribution in [2.24, 2.45) is 0 Å². The number of ether oxygens (including phenoxy) is 1. The second-order valence-electron chi connectivity index (χ2n) is 4.18. The van der Waals surface area contributed by atoms with Gasteiger partial charge in [-0.1, -0.05) is 24.3 Å². The SMILES string of the molecule is COc1ccc([C@H]2CC=CC[C@@H]2[N+](=O)[O-])cc1. The van der Waals surface area contributed by atoms with Crippen LogP contribution in [0.4, 0.5) is 0 Å². The fourth-order valence-electron chi connectivity index (χ4n) is 2.24. The smallest absolute Gasteiger partial charge is 0.223 e. The van der Waals surface area contributed by atoms with Crippen LogP contribution in [0.2, 0.25) is 0 Å². The molecule has 0 spiro atoms. The molecule has 0 unspecified atom stereocenters. The molecule has 0 saturated carbocycles. The van der Waals surface area contributed by atoms with Gasteiger partial charge < -0.3 is 4.74 Å². The first-order valence-electron chi connectivity index (χ1n) is 5.65. The monoisotopic (exact) mass is 233 g/mol. The van der Waals surface area contributed by atoms with Gasteiger partial charge in [0, 0.05) is 11.3 Å². The first kappa shape index (κ1) is 11.6. The van der Waals surface area contributed by atoms with Gasteiger partial charge in [-0.3, -0.25) is 10.1 Å². The molecule has 1 aromatic rings. The Morgan fingerprint density at radius 1 is 1.24 bits per heavy atom. The molecule has 17 heavy (non-hydrogen) atoms. The van der Waals surface area contributed by atoms with Crippen LogP contribution < -0.4 is 4.74 Å². The van der Waals surface area contributed by atoms with Crippen LogP contribution in [-0.4, -0.2) is 18.1 Å². The highest BCUT2D eigenvalue weighted by Gasteiger charge is 2.32. The Kier molecular flexibility index (Phi) is 3.42. The standard InChI is InChI=1S/C13H15NO3/c1-17-11-8-6-10(7-9-11)12-4-2-3-5-13(12)14(15)16/h2-3,6-9,12-13H,4-5H2,1H3/t12-,13+/m1/s1. The molecule has 4 heteroatoms. The Labute approximate surface area is 100 Å². The van der Waals surface area contributed by atoms with Gasteiger partial charge in [-0.2, -0.15) is 0 Å². The van der Waals surface area contributed by atoms with Gasteiger partial charge in [0.1, 0.15) is 5.75 Å². The van der Waals surface area contributed by atoms with E-state index < -0.39 is 6.04 Å². The molecule has 1 aliphatic carbocycles. The molecule has 0 bridgehead atoms. The zero-order valence-electron chi connectivity index (χ0n) is 9.70. The Morgan fingerprint density at radius 2 is 1.88 bits per heavy atom. The number of methoxy groups -OCH3 is 1. The maximum Gasteiger partial charge on any atom is 0.223 e. The molecular weight excluding hydrogens is 218 g/mol. The van der Waals surface area contributed by atoms with Crippen LogP contribution in [0, 0.1) is 10.1 Å². The number of nitrogens with zero attached hydrogens (tertiary/aromatic N) is 1. The van der Waals surface area contributed by atoms with E-state index in [2.05, 4.69) is 0 Å². The second kappa shape index (κ2) is 4.99. The van der Waals surface area contributed by atoms with Crippen LogP contribution in [0.3, 0.4) is 0 Å². The summed E-state index contributed by atoms with van der Waals surface area (Å²) in [7, 11) is 1.61. The molecule has 0 fully saturated rings. The average molecular weight is 233 g/mol. The molecule has 2 rings (SSSR count). The summed E-state index contributed by atoms with van der Waals surface area (Å²) in [6.07, 6.45) is 5.17. The van der Waals surface area contributed by atoms with Crippen molar-refractivity contribution in [3.63, 3.8) is 0 Å². The first-order chi connectivity index (χ1) is 8.22. The quantitative estimate of drug-likeness (QED) is 0.458. The van der Waals surface area contributed by atoms with E-state index in [1.165, 1.54) is 0 Å². The van der Waals surface area contributed by atoms with E-state index in [9.17, 15) is 10.1 Å². The third-order valence-corrected chi connectivity index (χ3v) is 3.21. The topological polar surface area (TPSA) is 52.4 Å². The van der Waals surface area contributed by atoms with Crippen molar-refractivity contribution in [3.8, 4) is 5.75 Å². The molecular formula is C13H15NO3. The van der Waals surface area contributed by atoms with Crippen LogP contribution in [0.25, 0.3) is 0 Å². The van der Waals surface area contributed by atoms with E-state index in [-0.39, 0.29) is 10.8 Å². The number of rotatable bonds is 3. The molecule has 1 aliphatic rings. The minimum Gasteiger partial charge on any atom is -0.497 e. The van der Waals surface area contributed by atoms with Gasteiger partial charge in [0.05, 0.1) is 13.0 Å². The summed E-state index contributed by atoms with van der Waals surface area (Å²) >= 11 is 0. The maximum atomic E-state index is 11.0. The Bertz CT molecular complexity index is 425. The molecule has 4 nitrogen and oxygen atoms in total. The van der Waals surface area contributed by atoms with E-state index in [0.29, 0.717) is 6.42 Å². The van der Waals surface area contributed by atoms with Crippen molar-refractivity contribution in [2.45, 2.75) is 24.8 Å². The molecule has 2 atom stereocenters. The van der Waals surface area contributed by atoms with Crippen molar-refractivity contribution < 1.29 is 9.66 Å². The van der Waals surface area contributed by atoms with Crippen LogP contribution >= 0.6 is 0 Å². The number of allylic oxidation sites excluding steroid dienone is 1. The molecule has 0 aromatic heterocycles. The van der Waals surface area contributed by atoms with Crippen LogP contribution in [0.5, 0.6) is 5.75 Å². The lowest BCUT2D eigenvalue weighted by molar-refractivity contribution is -0.526. The fraction of sp³-hybridized carbons (Fsp3) is 0.385. The van der Waals surface area contributed by atoms with Crippen molar-refractivity contribution in [1.82, 2.24) is 0 Å². The molecule has 0 aliphatic heterocycles. The van der Waals surface area contributed by atoms with E-state index in [4.69, 9.17) is 4.74 Å². The van der Waals surface area contributed by atoms with Gasteiger partial charge in [0.25, 0.3) is 0 Å². The Morgan fingerprint density at radius 3 is 2.47 bits per heavy atom. The minimum absolute atomic E-state index is 0.0269. The lowest BCUT2D eigenvalue weighted by Gasteiger charge is -2.22. The third-order valence-electron chi connectivity index (χ3n) is 3.21. The molecule has 1 aromatic carbocycles. The molecule has 90 valence electrons. The molecule has 0 N–H and O–H groups in total. The van der Waals surface area contributed by atoms with Gasteiger partial charge in [-0.15, -0.1) is 0 Å². The number of hydrogen-bond donors (Lipinski definition) is 0. The van der Waals surface area contributed by atoms with E-state index in [0.717, 1.165) is 17.7 Å². The third kappa shape index (κ3) is 2.46. The second-order valence-corrected chi connectivity index (χ2v) is 4.18. The maximum absolute atomic E-state index is 11.0. The summed E-state index contributed by atoms with van der Waals surface area (Å²) < 4.78 is 5.08. The van der Waals surface area contributed by atoms with Crippen molar-refractivity contribution in [1.29, 1.82) is 0 Å². The predicted octanol–water partition coefficient (Wildman–Crippen LogP) is 2.77. The van der Waals surface area contributed by atoms with Crippen LogP contribution in [-0.2, 0) is 0 Å². The van der Waals surface area contributed by atoms with Crippen molar-refractivity contribution in [3.05, 3.63) is 52.1 Å². The van der Waals surface area contributed by atoms with E-state index >= 15 is 0 Å². The van der Waals surface area contributed by atoms with Crippen molar-refractivity contribution >= 4 is 0 Å². The summed E-state index contributed by atoms with van der Waals surface area (Å²) in [5.74, 6) is 0.749. The fourth-order valence-corrected chi connectivity index (χ4v) is 2.24. The van der Waals surface area contributed by atoms with Gasteiger partial charge in [0.15, 0.2) is 0 Å². The first-order valence-corrected chi connectivity index (χ1v) is 5.65. The summed E-state index contributed by atoms with van der Waals surface area (Å²) in [4.78, 5) is 10.8. The molecule has 0 heterocycles. The lowest BCUT2D eigenvalue weighted by atomic mass is 9.84. The predicted molar refractivity (Wildman–Crippen MR) is 64.9 cm³/mol. The Hall–Kier alpha value is -1.84. The number of hydrogen-bond acceptors (Lipinski definition) is 3. The summed E-state index contributed by atoms with van der Waals surface area (Å²) in [5, 5.41) is 11.0. The van der Waals surface area contributed by atoms with Crippen molar-refractivity contribution in [2.75, 3.05) is 7.11 Å². The Balaban J connectivity index is 2.24. The molecule has 0 radical (unpaired) electrons. The average Bonchev–Trinajstić information content (AvgIpc) is 2.39. The normalized spacial score (nSPS) is 23.4. The van der Waals surface area contributed by atoms with Gasteiger partial charge >= 0.3 is 0 Å². The number of benzene rings is 1. The highest BCUT2D eigenvalue weighted by molar-refractivity contribution is 5.31. The highest BCUT2D eigenvalue weighted by Crippen LogP contribution is 2.32. The van der Waals surface area contributed by atoms with Gasteiger partial charge in [-0.05, 0) is 24.1 Å². The summed E-state index contributed by atoms with van der Waals surface area (Å²) in [6, 6.07) is 7.03. The van der Waals surface area contributed by atoms with Gasteiger partial charge in [-0.25, -0.2) is 0 Å². The van der Waals surface area contributed by atoms with E-state index in [1.54, 1.807) is 7.11 Å². The van der Waals surface area contributed by atoms with Crippen LogP contribution in [0.1, 0.15) is 24.3 Å². The van der Waals surface area contributed by atoms with Crippen LogP contribution in [0.15, 0.2) is 36.4 Å². The van der Waals surface area contributed by atoms with E-state index in [1.807, 2.05) is 36.4 Å². The highest BCUT2D eigenvalue weighted by atomic mass is 16.6. The zero-order valence-corrected chi connectivity index (χ0v) is 9.70. The zero-order chi connectivity index (χ0) is 12.3. The molecule has 0 amide bonds. The lowest BCUT2D eigenvalue weighted by Crippen LogP contribution is -2.28. The summed E-state index contributed by atoms with van der Waals surface area (Å²) in [6.45, 7) is 0. The minimum atomic E-state index is -0.506. The van der Waals surface area contributed by atoms with Gasteiger partial charge in [0.2, 0.25) is 6.04 Å².